The fourth-order valence-corrected chi connectivity index (χ4v) is 2.08. The molecule has 3 aromatic rings. The summed E-state index contributed by atoms with van der Waals surface area (Å²) in [6.45, 7) is 0. The first-order valence-electron chi connectivity index (χ1n) is 6.28. The van der Waals surface area contributed by atoms with Gasteiger partial charge in [-0.2, -0.15) is 15.1 Å². The second-order valence-corrected chi connectivity index (χ2v) is 4.41. The number of aromatic nitrogens is 4. The van der Waals surface area contributed by atoms with Crippen LogP contribution in [0.25, 0.3) is 11.0 Å². The van der Waals surface area contributed by atoms with Crippen LogP contribution in [0, 0.1) is 0 Å². The van der Waals surface area contributed by atoms with Crippen LogP contribution in [-0.4, -0.2) is 34.3 Å². The molecule has 108 valence electrons. The molecule has 0 fully saturated rings. The summed E-state index contributed by atoms with van der Waals surface area (Å²) in [5.41, 5.74) is 4.00. The lowest BCUT2D eigenvalue weighted by atomic mass is 10.2. The molecule has 0 unspecified atom stereocenters. The van der Waals surface area contributed by atoms with Crippen LogP contribution in [0.3, 0.4) is 0 Å². The van der Waals surface area contributed by atoms with Gasteiger partial charge in [0.05, 0.1) is 18.7 Å². The zero-order chi connectivity index (χ0) is 14.8. The number of nitrogens with zero attached hydrogens (tertiary/aromatic N) is 4. The topological polar surface area (TPSA) is 105 Å². The van der Waals surface area contributed by atoms with E-state index in [1.807, 2.05) is 36.2 Å². The van der Waals surface area contributed by atoms with Crippen molar-refractivity contribution in [3.8, 4) is 5.75 Å². The lowest BCUT2D eigenvalue weighted by Crippen LogP contribution is -2.16. The van der Waals surface area contributed by atoms with Gasteiger partial charge in [-0.3, -0.25) is 10.5 Å². The highest BCUT2D eigenvalue weighted by Crippen LogP contribution is 2.30. The summed E-state index contributed by atoms with van der Waals surface area (Å²) in [5.74, 6) is 7.19. The number of hydrogen-bond acceptors (Lipinski definition) is 7. The Balaban J connectivity index is 2.11. The molecule has 0 atom stereocenters. The number of hydrogen-bond donors (Lipinski definition) is 3. The highest BCUT2D eigenvalue weighted by atomic mass is 16.5. The van der Waals surface area contributed by atoms with Gasteiger partial charge in [-0.15, -0.1) is 0 Å². The summed E-state index contributed by atoms with van der Waals surface area (Å²) in [4.78, 5) is 10.5. The summed E-state index contributed by atoms with van der Waals surface area (Å²) in [7, 11) is 3.54. The third-order valence-electron chi connectivity index (χ3n) is 3.18. The van der Waals surface area contributed by atoms with Crippen LogP contribution in [-0.2, 0) is 0 Å². The number of rotatable bonds is 4. The maximum atomic E-state index is 5.42. The largest absolute Gasteiger partial charge is 0.497 e. The molecule has 0 bridgehead atoms. The van der Waals surface area contributed by atoms with Gasteiger partial charge in [0.15, 0.2) is 5.65 Å². The molecule has 0 amide bonds. The minimum absolute atomic E-state index is 0.316. The number of ether oxygens (including phenoxy) is 1. The Morgan fingerprint density at radius 2 is 2.19 bits per heavy atom. The number of fused-ring (bicyclic) bond motifs is 1. The van der Waals surface area contributed by atoms with Gasteiger partial charge in [-0.05, 0) is 12.1 Å². The zero-order valence-electron chi connectivity index (χ0n) is 11.7. The summed E-state index contributed by atoms with van der Waals surface area (Å²) in [6, 6.07) is 7.69. The van der Waals surface area contributed by atoms with Crippen LogP contribution in [0.5, 0.6) is 5.75 Å². The highest BCUT2D eigenvalue weighted by Gasteiger charge is 2.14. The number of anilines is 3. The Morgan fingerprint density at radius 1 is 1.33 bits per heavy atom. The monoisotopic (exact) mass is 285 g/mol. The van der Waals surface area contributed by atoms with Crippen molar-refractivity contribution in [3.63, 3.8) is 0 Å². The van der Waals surface area contributed by atoms with E-state index in [9.17, 15) is 0 Å². The molecule has 21 heavy (non-hydrogen) atoms. The maximum absolute atomic E-state index is 5.42. The molecule has 0 aliphatic rings. The molecule has 8 nitrogen and oxygen atoms in total. The molecule has 0 radical (unpaired) electrons. The molecule has 8 heteroatoms. The lowest BCUT2D eigenvalue weighted by molar-refractivity contribution is 0.415. The van der Waals surface area contributed by atoms with Gasteiger partial charge >= 0.3 is 0 Å². The van der Waals surface area contributed by atoms with Crippen molar-refractivity contribution in [2.75, 3.05) is 24.5 Å². The Morgan fingerprint density at radius 3 is 2.95 bits per heavy atom. The minimum Gasteiger partial charge on any atom is -0.497 e. The average molecular weight is 285 g/mol. The fourth-order valence-electron chi connectivity index (χ4n) is 2.08. The first-order valence-corrected chi connectivity index (χ1v) is 6.28. The normalized spacial score (nSPS) is 10.6. The second-order valence-electron chi connectivity index (χ2n) is 4.41. The van der Waals surface area contributed by atoms with E-state index in [1.165, 1.54) is 0 Å². The third kappa shape index (κ3) is 2.32. The van der Waals surface area contributed by atoms with E-state index in [1.54, 1.807) is 13.3 Å². The van der Waals surface area contributed by atoms with Crippen molar-refractivity contribution < 1.29 is 4.74 Å². The standard InChI is InChI=1S/C13H15N7O/c1-20(8-4-3-5-9(6-8)21-2)12-10-7-15-19-11(10)16-13(17-12)18-14/h3-7H,14H2,1-2H3,(H2,15,16,17,18,19). The zero-order valence-corrected chi connectivity index (χ0v) is 11.7. The molecule has 0 aliphatic heterocycles. The Hall–Kier alpha value is -2.87. The third-order valence-corrected chi connectivity index (χ3v) is 3.18. The van der Waals surface area contributed by atoms with Gasteiger partial charge in [0.2, 0.25) is 5.95 Å². The van der Waals surface area contributed by atoms with E-state index in [4.69, 9.17) is 10.6 Å². The van der Waals surface area contributed by atoms with Gasteiger partial charge in [-0.25, -0.2) is 5.84 Å². The van der Waals surface area contributed by atoms with Crippen LogP contribution < -0.4 is 20.9 Å². The number of aromatic amines is 1. The van der Waals surface area contributed by atoms with Crippen LogP contribution in [0.4, 0.5) is 17.5 Å². The Kier molecular flexibility index (Phi) is 3.28. The molecule has 0 saturated heterocycles. The number of hydrazine groups is 1. The molecule has 2 heterocycles. The fraction of sp³-hybridized carbons (Fsp3) is 0.154. The molecule has 0 saturated carbocycles. The predicted molar refractivity (Wildman–Crippen MR) is 80.6 cm³/mol. The van der Waals surface area contributed by atoms with E-state index < -0.39 is 0 Å². The minimum atomic E-state index is 0.316. The first kappa shape index (κ1) is 13.1. The van der Waals surface area contributed by atoms with Crippen LogP contribution in [0.2, 0.25) is 0 Å². The number of benzene rings is 1. The maximum Gasteiger partial charge on any atom is 0.241 e. The molecule has 2 aromatic heterocycles. The van der Waals surface area contributed by atoms with Crippen molar-refractivity contribution in [3.05, 3.63) is 30.5 Å². The van der Waals surface area contributed by atoms with Crippen LogP contribution in [0.15, 0.2) is 30.5 Å². The van der Waals surface area contributed by atoms with Gasteiger partial charge in [0, 0.05) is 18.8 Å². The van der Waals surface area contributed by atoms with E-state index in [0.29, 0.717) is 17.4 Å². The molecule has 1 aromatic carbocycles. The molecular weight excluding hydrogens is 270 g/mol. The summed E-state index contributed by atoms with van der Waals surface area (Å²) in [6.07, 6.45) is 1.68. The Bertz CT molecular complexity index is 770. The number of nitrogen functional groups attached to an aromatic ring is 1. The van der Waals surface area contributed by atoms with Crippen molar-refractivity contribution in [2.45, 2.75) is 0 Å². The van der Waals surface area contributed by atoms with Crippen LogP contribution in [0.1, 0.15) is 0 Å². The van der Waals surface area contributed by atoms with E-state index in [0.717, 1.165) is 16.8 Å². The molecular formula is C13H15N7O. The first-order chi connectivity index (χ1) is 10.2. The SMILES string of the molecule is COc1cccc(N(C)c2nc(NN)nc3[nH]ncc23)c1. The van der Waals surface area contributed by atoms with Gasteiger partial charge < -0.3 is 9.64 Å². The number of methoxy groups -OCH3 is 1. The average Bonchev–Trinajstić information content (AvgIpc) is 3.01. The second kappa shape index (κ2) is 5.25. The van der Waals surface area contributed by atoms with Gasteiger partial charge in [0.1, 0.15) is 11.6 Å². The highest BCUT2D eigenvalue weighted by molar-refractivity contribution is 5.89. The van der Waals surface area contributed by atoms with Gasteiger partial charge in [0.25, 0.3) is 0 Å². The van der Waals surface area contributed by atoms with E-state index in [-0.39, 0.29) is 0 Å². The number of nitrogens with one attached hydrogen (secondary N) is 2. The van der Waals surface area contributed by atoms with E-state index in [2.05, 4.69) is 25.6 Å². The molecule has 0 aliphatic carbocycles. The number of H-pyrrole nitrogens is 1. The summed E-state index contributed by atoms with van der Waals surface area (Å²) >= 11 is 0. The van der Waals surface area contributed by atoms with Crippen molar-refractivity contribution in [2.24, 2.45) is 5.84 Å². The quantitative estimate of drug-likeness (QED) is 0.491. The molecule has 4 N–H and O–H groups in total. The smallest absolute Gasteiger partial charge is 0.241 e. The van der Waals surface area contributed by atoms with E-state index >= 15 is 0 Å². The summed E-state index contributed by atoms with van der Waals surface area (Å²) < 4.78 is 5.25. The van der Waals surface area contributed by atoms with Gasteiger partial charge in [-0.1, -0.05) is 6.07 Å². The van der Waals surface area contributed by atoms with Crippen molar-refractivity contribution >= 4 is 28.5 Å². The van der Waals surface area contributed by atoms with Crippen LogP contribution >= 0.6 is 0 Å². The lowest BCUT2D eigenvalue weighted by Gasteiger charge is -2.20. The number of nitrogens with two attached hydrogens (primary N) is 1. The summed E-state index contributed by atoms with van der Waals surface area (Å²) in [5, 5.41) is 7.62. The predicted octanol–water partition coefficient (Wildman–Crippen LogP) is 1.41. The molecule has 3 rings (SSSR count). The Labute approximate surface area is 120 Å². The molecule has 0 spiro atoms. The van der Waals surface area contributed by atoms with Crippen molar-refractivity contribution in [1.82, 2.24) is 20.2 Å². The van der Waals surface area contributed by atoms with Crippen molar-refractivity contribution in [1.29, 1.82) is 0 Å².